The minimum atomic E-state index is -1.02. The zero-order valence-corrected chi connectivity index (χ0v) is 18.6. The molecule has 1 heterocycles. The second-order valence-electron chi connectivity index (χ2n) is 8.07. The van der Waals surface area contributed by atoms with Crippen molar-refractivity contribution in [3.8, 4) is 0 Å². The molecule has 0 atom stereocenters. The van der Waals surface area contributed by atoms with E-state index in [1.807, 2.05) is 21.9 Å². The standard InChI is InChI=1S/C22H32N4O7/c27-19(5-6-20(28)29)23-18-3-1-17(2-4-18)7-8-24-9-11-25(15-21(30)31)13-14-26(12-10-24)16-22(32)33/h1-4H,5-16H2,(H,23,27)(H,28,29)(H,30,31)(H,32,33). The second kappa shape index (κ2) is 13.5. The summed E-state index contributed by atoms with van der Waals surface area (Å²) in [4.78, 5) is 50.5. The van der Waals surface area contributed by atoms with E-state index in [9.17, 15) is 19.2 Å². The largest absolute Gasteiger partial charge is 0.481 e. The van der Waals surface area contributed by atoms with Crippen molar-refractivity contribution in [2.24, 2.45) is 0 Å². The van der Waals surface area contributed by atoms with Crippen LogP contribution in [0.3, 0.4) is 0 Å². The Balaban J connectivity index is 1.90. The third-order valence-electron chi connectivity index (χ3n) is 5.44. The van der Waals surface area contributed by atoms with E-state index in [1.165, 1.54) is 0 Å². The molecular formula is C22H32N4O7. The van der Waals surface area contributed by atoms with Gasteiger partial charge in [-0.15, -0.1) is 0 Å². The lowest BCUT2D eigenvalue weighted by Gasteiger charge is -2.25. The van der Waals surface area contributed by atoms with Crippen molar-refractivity contribution in [1.82, 2.24) is 14.7 Å². The van der Waals surface area contributed by atoms with Crippen molar-refractivity contribution >= 4 is 29.5 Å². The Labute approximate surface area is 192 Å². The first-order chi connectivity index (χ1) is 15.7. The molecule has 0 radical (unpaired) electrons. The number of hydrogen-bond donors (Lipinski definition) is 4. The molecule has 1 fully saturated rings. The molecule has 1 aromatic carbocycles. The highest BCUT2D eigenvalue weighted by atomic mass is 16.4. The molecule has 0 saturated carbocycles. The van der Waals surface area contributed by atoms with E-state index in [0.29, 0.717) is 45.0 Å². The fourth-order valence-corrected chi connectivity index (χ4v) is 3.59. The molecule has 1 aliphatic heterocycles. The fourth-order valence-electron chi connectivity index (χ4n) is 3.59. The highest BCUT2D eigenvalue weighted by Gasteiger charge is 2.19. The van der Waals surface area contributed by atoms with Crippen LogP contribution < -0.4 is 5.32 Å². The molecule has 0 bridgehead atoms. The summed E-state index contributed by atoms with van der Waals surface area (Å²) in [6.45, 7) is 4.15. The third-order valence-corrected chi connectivity index (χ3v) is 5.44. The third kappa shape index (κ3) is 10.9. The molecule has 0 aliphatic carbocycles. The maximum Gasteiger partial charge on any atom is 0.317 e. The minimum absolute atomic E-state index is 0.0750. The van der Waals surface area contributed by atoms with Crippen LogP contribution in [0.5, 0.6) is 0 Å². The van der Waals surface area contributed by atoms with Crippen LogP contribution in [-0.2, 0) is 25.6 Å². The summed E-state index contributed by atoms with van der Waals surface area (Å²) in [5, 5.41) is 29.6. The quantitative estimate of drug-likeness (QED) is 0.355. The van der Waals surface area contributed by atoms with Crippen LogP contribution in [0, 0.1) is 0 Å². The van der Waals surface area contributed by atoms with Crippen molar-refractivity contribution in [2.45, 2.75) is 19.3 Å². The molecular weight excluding hydrogens is 432 g/mol. The average molecular weight is 465 g/mol. The zero-order valence-electron chi connectivity index (χ0n) is 18.6. The first-order valence-corrected chi connectivity index (χ1v) is 10.9. The fraction of sp³-hybridized carbons (Fsp3) is 0.545. The van der Waals surface area contributed by atoms with Crippen molar-refractivity contribution < 1.29 is 34.5 Å². The Morgan fingerprint density at radius 2 is 1.18 bits per heavy atom. The van der Waals surface area contributed by atoms with Gasteiger partial charge in [-0.3, -0.25) is 29.0 Å². The summed E-state index contributed by atoms with van der Waals surface area (Å²) in [6, 6.07) is 7.35. The van der Waals surface area contributed by atoms with Crippen molar-refractivity contribution in [2.75, 3.05) is 64.2 Å². The van der Waals surface area contributed by atoms with Gasteiger partial charge in [-0.25, -0.2) is 0 Å². The summed E-state index contributed by atoms with van der Waals surface area (Å²) in [5.74, 6) is -3.17. The van der Waals surface area contributed by atoms with Crippen LogP contribution in [0.2, 0.25) is 0 Å². The maximum atomic E-state index is 11.7. The van der Waals surface area contributed by atoms with Gasteiger partial charge in [-0.05, 0) is 24.1 Å². The highest BCUT2D eigenvalue weighted by molar-refractivity contribution is 5.92. The summed E-state index contributed by atoms with van der Waals surface area (Å²) < 4.78 is 0. The number of carbonyl (C=O) groups excluding carboxylic acids is 1. The smallest absolute Gasteiger partial charge is 0.317 e. The molecule has 11 nitrogen and oxygen atoms in total. The van der Waals surface area contributed by atoms with Crippen molar-refractivity contribution in [1.29, 1.82) is 0 Å². The zero-order chi connectivity index (χ0) is 24.2. The van der Waals surface area contributed by atoms with Gasteiger partial charge in [0.25, 0.3) is 0 Å². The number of amides is 1. The van der Waals surface area contributed by atoms with E-state index >= 15 is 0 Å². The summed E-state index contributed by atoms with van der Waals surface area (Å²) >= 11 is 0. The van der Waals surface area contributed by atoms with E-state index in [1.54, 1.807) is 12.1 Å². The molecule has 0 aromatic heterocycles. The van der Waals surface area contributed by atoms with Gasteiger partial charge in [-0.1, -0.05) is 12.1 Å². The first kappa shape index (κ1) is 26.2. The molecule has 4 N–H and O–H groups in total. The number of hydrogen-bond acceptors (Lipinski definition) is 7. The molecule has 1 saturated heterocycles. The Morgan fingerprint density at radius 1 is 0.697 bits per heavy atom. The predicted octanol–water partition coefficient (Wildman–Crippen LogP) is 0.121. The number of aliphatic carboxylic acids is 3. The van der Waals surface area contributed by atoms with Crippen LogP contribution in [-0.4, -0.2) is 113 Å². The summed E-state index contributed by atoms with van der Waals surface area (Å²) in [7, 11) is 0. The number of nitrogens with one attached hydrogen (secondary N) is 1. The Morgan fingerprint density at radius 3 is 1.64 bits per heavy atom. The summed E-state index contributed by atoms with van der Waals surface area (Å²) in [6.07, 6.45) is 0.447. The normalized spacial score (nSPS) is 16.4. The highest BCUT2D eigenvalue weighted by Crippen LogP contribution is 2.12. The topological polar surface area (TPSA) is 151 Å². The molecule has 182 valence electrons. The van der Waals surface area contributed by atoms with Crippen molar-refractivity contribution in [3.63, 3.8) is 0 Å². The second-order valence-corrected chi connectivity index (χ2v) is 8.07. The lowest BCUT2D eigenvalue weighted by molar-refractivity contribution is -0.140. The van der Waals surface area contributed by atoms with Crippen LogP contribution in [0.1, 0.15) is 18.4 Å². The van der Waals surface area contributed by atoms with Gasteiger partial charge in [0.2, 0.25) is 5.91 Å². The molecule has 0 spiro atoms. The van der Waals surface area contributed by atoms with Gasteiger partial charge in [0.05, 0.1) is 19.5 Å². The average Bonchev–Trinajstić information content (AvgIpc) is 2.83. The number of carboxylic acids is 3. The van der Waals surface area contributed by atoms with Crippen molar-refractivity contribution in [3.05, 3.63) is 29.8 Å². The van der Waals surface area contributed by atoms with Gasteiger partial charge < -0.3 is 25.5 Å². The molecule has 1 amide bonds. The van der Waals surface area contributed by atoms with Crippen LogP contribution in [0.15, 0.2) is 24.3 Å². The number of anilines is 1. The molecule has 33 heavy (non-hydrogen) atoms. The Kier molecular flexibility index (Phi) is 10.7. The van der Waals surface area contributed by atoms with Gasteiger partial charge in [0.1, 0.15) is 0 Å². The van der Waals surface area contributed by atoms with Crippen LogP contribution in [0.25, 0.3) is 0 Å². The number of nitrogens with zero attached hydrogens (tertiary/aromatic N) is 3. The molecule has 1 aliphatic rings. The molecule has 0 unspecified atom stereocenters. The minimum Gasteiger partial charge on any atom is -0.481 e. The predicted molar refractivity (Wildman–Crippen MR) is 120 cm³/mol. The maximum absolute atomic E-state index is 11.7. The van der Waals surface area contributed by atoms with Gasteiger partial charge >= 0.3 is 17.9 Å². The van der Waals surface area contributed by atoms with E-state index in [2.05, 4.69) is 10.2 Å². The van der Waals surface area contributed by atoms with E-state index < -0.39 is 17.9 Å². The van der Waals surface area contributed by atoms with Crippen LogP contribution in [0.4, 0.5) is 5.69 Å². The lowest BCUT2D eigenvalue weighted by atomic mass is 10.1. The summed E-state index contributed by atoms with van der Waals surface area (Å²) in [5.41, 5.74) is 1.66. The van der Waals surface area contributed by atoms with E-state index in [4.69, 9.17) is 15.3 Å². The van der Waals surface area contributed by atoms with Gasteiger partial charge in [0, 0.05) is 57.9 Å². The van der Waals surface area contributed by atoms with E-state index in [-0.39, 0.29) is 31.8 Å². The molecule has 1 aromatic rings. The first-order valence-electron chi connectivity index (χ1n) is 10.9. The van der Waals surface area contributed by atoms with Gasteiger partial charge in [-0.2, -0.15) is 0 Å². The Bertz CT molecular complexity index is 787. The molecule has 11 heteroatoms. The lowest BCUT2D eigenvalue weighted by Crippen LogP contribution is -2.40. The number of carbonyl (C=O) groups is 4. The van der Waals surface area contributed by atoms with E-state index in [0.717, 1.165) is 18.5 Å². The number of carboxylic acid groups (broad SMARTS) is 3. The monoisotopic (exact) mass is 464 g/mol. The molecule has 2 rings (SSSR count). The number of rotatable bonds is 11. The van der Waals surface area contributed by atoms with Gasteiger partial charge in [0.15, 0.2) is 0 Å². The van der Waals surface area contributed by atoms with Crippen LogP contribution >= 0.6 is 0 Å². The Hall–Kier alpha value is -3.02. The SMILES string of the molecule is O=C(O)CCC(=O)Nc1ccc(CCN2CCN(CC(=O)O)CCN(CC(=O)O)CC2)cc1. The number of benzene rings is 1.